The van der Waals surface area contributed by atoms with E-state index in [1.807, 2.05) is 6.92 Å². The highest BCUT2D eigenvalue weighted by molar-refractivity contribution is 14.0. The molecule has 0 saturated carbocycles. The first-order valence-corrected chi connectivity index (χ1v) is 9.49. The first-order chi connectivity index (χ1) is 12.0. The fourth-order valence-electron chi connectivity index (χ4n) is 2.36. The predicted molar refractivity (Wildman–Crippen MR) is 122 cm³/mol. The molecule has 0 aromatic rings. The number of methoxy groups -OCH3 is 1. The molecule has 0 fully saturated rings. The number of hydrogen-bond donors (Lipinski definition) is 2. The van der Waals surface area contributed by atoms with Crippen LogP contribution in [0.2, 0.25) is 0 Å². The smallest absolute Gasteiger partial charge is 0.191 e. The Morgan fingerprint density at radius 2 is 1.81 bits per heavy atom. The van der Waals surface area contributed by atoms with Crippen LogP contribution in [0.5, 0.6) is 0 Å². The van der Waals surface area contributed by atoms with Gasteiger partial charge in [0.25, 0.3) is 0 Å². The molecule has 0 spiro atoms. The van der Waals surface area contributed by atoms with Crippen molar-refractivity contribution in [2.75, 3.05) is 80.7 Å². The summed E-state index contributed by atoms with van der Waals surface area (Å²) < 4.78 is 10.9. The number of ether oxygens (including phenoxy) is 2. The summed E-state index contributed by atoms with van der Waals surface area (Å²) in [5.74, 6) is 0.863. The van der Waals surface area contributed by atoms with E-state index in [9.17, 15) is 0 Å². The number of nitrogens with zero attached hydrogens (tertiary/aromatic N) is 3. The minimum absolute atomic E-state index is 0. The van der Waals surface area contributed by atoms with Crippen molar-refractivity contribution in [2.45, 2.75) is 32.8 Å². The van der Waals surface area contributed by atoms with Gasteiger partial charge in [0, 0.05) is 53.0 Å². The summed E-state index contributed by atoms with van der Waals surface area (Å²) in [6.07, 6.45) is 2.22. The fourth-order valence-corrected chi connectivity index (χ4v) is 2.36. The Balaban J connectivity index is 0. The van der Waals surface area contributed by atoms with Crippen LogP contribution in [-0.2, 0) is 9.47 Å². The molecule has 0 aliphatic rings. The van der Waals surface area contributed by atoms with Crippen LogP contribution in [0.25, 0.3) is 0 Å². The summed E-state index contributed by atoms with van der Waals surface area (Å²) in [6.45, 7) is 11.1. The van der Waals surface area contributed by atoms with Crippen molar-refractivity contribution >= 4 is 29.9 Å². The second kappa shape index (κ2) is 19.6. The molecule has 0 aromatic carbocycles. The van der Waals surface area contributed by atoms with Crippen molar-refractivity contribution < 1.29 is 9.47 Å². The SMILES string of the molecule is CCNC(=NCC(CCN(C)C)OCC)NCCN(C)CCCOC.I. The van der Waals surface area contributed by atoms with Crippen LogP contribution < -0.4 is 10.6 Å². The molecule has 1 unspecified atom stereocenters. The maximum absolute atomic E-state index is 5.81. The van der Waals surface area contributed by atoms with Gasteiger partial charge in [0.15, 0.2) is 5.96 Å². The molecular formula is C18H42IN5O2. The van der Waals surface area contributed by atoms with E-state index >= 15 is 0 Å². The van der Waals surface area contributed by atoms with Crippen LogP contribution in [0, 0.1) is 0 Å². The van der Waals surface area contributed by atoms with Crippen molar-refractivity contribution in [3.05, 3.63) is 0 Å². The van der Waals surface area contributed by atoms with Gasteiger partial charge in [-0.05, 0) is 47.8 Å². The zero-order valence-corrected chi connectivity index (χ0v) is 20.0. The zero-order chi connectivity index (χ0) is 18.9. The number of aliphatic imine (C=N–C) groups is 1. The molecule has 0 aliphatic heterocycles. The van der Waals surface area contributed by atoms with Crippen LogP contribution in [-0.4, -0.2) is 103 Å². The summed E-state index contributed by atoms with van der Waals surface area (Å²) in [4.78, 5) is 9.18. The third-order valence-electron chi connectivity index (χ3n) is 3.77. The van der Waals surface area contributed by atoms with Crippen LogP contribution in [0.15, 0.2) is 4.99 Å². The third-order valence-corrected chi connectivity index (χ3v) is 3.77. The Bertz CT molecular complexity index is 333. The Morgan fingerprint density at radius 3 is 2.38 bits per heavy atom. The van der Waals surface area contributed by atoms with Gasteiger partial charge in [0.05, 0.1) is 12.6 Å². The monoisotopic (exact) mass is 487 g/mol. The highest BCUT2D eigenvalue weighted by atomic mass is 127. The molecule has 26 heavy (non-hydrogen) atoms. The predicted octanol–water partition coefficient (Wildman–Crippen LogP) is 1.48. The molecule has 0 heterocycles. The van der Waals surface area contributed by atoms with Gasteiger partial charge in [-0.1, -0.05) is 0 Å². The molecule has 0 saturated heterocycles. The normalized spacial score (nSPS) is 13.0. The quantitative estimate of drug-likeness (QED) is 0.158. The molecule has 2 N–H and O–H groups in total. The van der Waals surface area contributed by atoms with Crippen molar-refractivity contribution in [1.82, 2.24) is 20.4 Å². The molecule has 0 rings (SSSR count). The number of guanidine groups is 1. The Kier molecular flexibility index (Phi) is 21.1. The van der Waals surface area contributed by atoms with Crippen LogP contribution in [0.4, 0.5) is 0 Å². The lowest BCUT2D eigenvalue weighted by molar-refractivity contribution is 0.0582. The van der Waals surface area contributed by atoms with E-state index in [0.717, 1.165) is 64.7 Å². The molecule has 1 atom stereocenters. The van der Waals surface area contributed by atoms with Gasteiger partial charge in [-0.3, -0.25) is 4.99 Å². The number of hydrogen-bond acceptors (Lipinski definition) is 5. The van der Waals surface area contributed by atoms with Crippen molar-refractivity contribution in [1.29, 1.82) is 0 Å². The van der Waals surface area contributed by atoms with Gasteiger partial charge in [-0.15, -0.1) is 24.0 Å². The lowest BCUT2D eigenvalue weighted by atomic mass is 10.2. The Morgan fingerprint density at radius 1 is 1.08 bits per heavy atom. The zero-order valence-electron chi connectivity index (χ0n) is 17.7. The third kappa shape index (κ3) is 17.3. The summed E-state index contributed by atoms with van der Waals surface area (Å²) in [5.41, 5.74) is 0. The van der Waals surface area contributed by atoms with Crippen LogP contribution >= 0.6 is 24.0 Å². The van der Waals surface area contributed by atoms with Crippen LogP contribution in [0.1, 0.15) is 26.7 Å². The molecule has 0 aromatic heterocycles. The number of halogens is 1. The molecule has 7 nitrogen and oxygen atoms in total. The highest BCUT2D eigenvalue weighted by Crippen LogP contribution is 2.00. The molecule has 8 heteroatoms. The van der Waals surface area contributed by atoms with Crippen molar-refractivity contribution in [3.8, 4) is 0 Å². The lowest BCUT2D eigenvalue weighted by Crippen LogP contribution is -2.41. The van der Waals surface area contributed by atoms with Gasteiger partial charge >= 0.3 is 0 Å². The second-order valence-electron chi connectivity index (χ2n) is 6.47. The summed E-state index contributed by atoms with van der Waals surface area (Å²) >= 11 is 0. The minimum atomic E-state index is 0. The van der Waals surface area contributed by atoms with Gasteiger partial charge in [0.1, 0.15) is 0 Å². The van der Waals surface area contributed by atoms with Crippen LogP contribution in [0.3, 0.4) is 0 Å². The van der Waals surface area contributed by atoms with E-state index in [1.165, 1.54) is 0 Å². The largest absolute Gasteiger partial charge is 0.385 e. The topological polar surface area (TPSA) is 61.4 Å². The van der Waals surface area contributed by atoms with E-state index in [0.29, 0.717) is 6.54 Å². The molecule has 0 aliphatic carbocycles. The number of rotatable bonds is 15. The van der Waals surface area contributed by atoms with Crippen molar-refractivity contribution in [3.63, 3.8) is 0 Å². The summed E-state index contributed by atoms with van der Waals surface area (Å²) in [5, 5.41) is 6.71. The lowest BCUT2D eigenvalue weighted by Gasteiger charge is -2.20. The first-order valence-electron chi connectivity index (χ1n) is 9.49. The second-order valence-corrected chi connectivity index (χ2v) is 6.47. The summed E-state index contributed by atoms with van der Waals surface area (Å²) in [6, 6.07) is 0. The van der Waals surface area contributed by atoms with Gasteiger partial charge in [-0.25, -0.2) is 0 Å². The number of nitrogens with one attached hydrogen (secondary N) is 2. The maximum Gasteiger partial charge on any atom is 0.191 e. The average molecular weight is 487 g/mol. The first kappa shape index (κ1) is 28.1. The van der Waals surface area contributed by atoms with E-state index in [1.54, 1.807) is 7.11 Å². The van der Waals surface area contributed by atoms with Gasteiger partial charge in [-0.2, -0.15) is 0 Å². The standard InChI is InChI=1S/C18H41N5O2.HI/c1-7-19-18(20-11-14-23(5)12-9-15-24-6)21-16-17(25-8-2)10-13-22(3)4;/h17H,7-16H2,1-6H3,(H2,19,20,21);1H. The van der Waals surface area contributed by atoms with E-state index in [2.05, 4.69) is 48.5 Å². The van der Waals surface area contributed by atoms with E-state index < -0.39 is 0 Å². The van der Waals surface area contributed by atoms with Crippen molar-refractivity contribution in [2.24, 2.45) is 4.99 Å². The molecular weight excluding hydrogens is 445 g/mol. The van der Waals surface area contributed by atoms with E-state index in [-0.39, 0.29) is 30.1 Å². The number of likely N-dealkylation sites (N-methyl/N-ethyl adjacent to an activating group) is 1. The van der Waals surface area contributed by atoms with Gasteiger partial charge < -0.3 is 29.9 Å². The average Bonchev–Trinajstić information content (AvgIpc) is 2.57. The minimum Gasteiger partial charge on any atom is -0.385 e. The highest BCUT2D eigenvalue weighted by Gasteiger charge is 2.09. The maximum atomic E-state index is 5.81. The fraction of sp³-hybridized carbons (Fsp3) is 0.944. The van der Waals surface area contributed by atoms with E-state index in [4.69, 9.17) is 14.5 Å². The Hall–Kier alpha value is -0.160. The molecule has 0 radical (unpaired) electrons. The Labute approximate surface area is 178 Å². The summed E-state index contributed by atoms with van der Waals surface area (Å²) in [7, 11) is 8.05. The van der Waals surface area contributed by atoms with Gasteiger partial charge in [0.2, 0.25) is 0 Å². The molecule has 0 amide bonds. The molecule has 158 valence electrons. The molecule has 0 bridgehead atoms.